The summed E-state index contributed by atoms with van der Waals surface area (Å²) in [6.45, 7) is 0. The zero-order valence-corrected chi connectivity index (χ0v) is 12.2. The Morgan fingerprint density at radius 2 is 1.81 bits per heavy atom. The minimum atomic E-state index is -0.0747. The van der Waals surface area contributed by atoms with Crippen LogP contribution in [-0.4, -0.2) is 0 Å². The van der Waals surface area contributed by atoms with Crippen molar-refractivity contribution in [2.75, 3.05) is 0 Å². The molecule has 1 nitrogen and oxygen atoms in total. The van der Waals surface area contributed by atoms with E-state index < -0.39 is 0 Å². The van der Waals surface area contributed by atoms with Crippen LogP contribution in [0.1, 0.15) is 16.5 Å². The third-order valence-corrected chi connectivity index (χ3v) is 3.87. The first-order chi connectivity index (χ1) is 7.66. The second kappa shape index (κ2) is 5.39. The van der Waals surface area contributed by atoms with Crippen LogP contribution >= 0.6 is 43.5 Å². The maximum Gasteiger partial charge on any atom is 0.173 e. The fraction of sp³-hybridized carbons (Fsp3) is 0.167. The molecule has 0 aliphatic carbocycles. The number of alkyl halides is 1. The van der Waals surface area contributed by atoms with Gasteiger partial charge in [0.25, 0.3) is 0 Å². The van der Waals surface area contributed by atoms with E-state index in [0.717, 1.165) is 16.5 Å². The van der Waals surface area contributed by atoms with Crippen molar-refractivity contribution >= 4 is 43.5 Å². The molecule has 16 heavy (non-hydrogen) atoms. The normalized spacial score (nSPS) is 12.7. The molecule has 0 fully saturated rings. The molecule has 0 aliphatic rings. The minimum Gasteiger partial charge on any atom is -0.457 e. The van der Waals surface area contributed by atoms with E-state index in [1.807, 2.05) is 18.2 Å². The SMILES string of the molecule is ClC(Cc1ccc(Br)cc1)c1ccoc1Br. The average molecular weight is 364 g/mol. The van der Waals surface area contributed by atoms with Gasteiger partial charge in [0.05, 0.1) is 11.6 Å². The van der Waals surface area contributed by atoms with Gasteiger partial charge < -0.3 is 4.42 Å². The van der Waals surface area contributed by atoms with E-state index in [1.165, 1.54) is 5.56 Å². The lowest BCUT2D eigenvalue weighted by atomic mass is 10.1. The molecule has 0 spiro atoms. The lowest BCUT2D eigenvalue weighted by Crippen LogP contribution is -1.94. The van der Waals surface area contributed by atoms with Gasteiger partial charge >= 0.3 is 0 Å². The van der Waals surface area contributed by atoms with E-state index >= 15 is 0 Å². The van der Waals surface area contributed by atoms with Gasteiger partial charge in [0.2, 0.25) is 0 Å². The first-order valence-electron chi connectivity index (χ1n) is 4.78. The van der Waals surface area contributed by atoms with Crippen LogP contribution in [0.25, 0.3) is 0 Å². The second-order valence-electron chi connectivity index (χ2n) is 3.45. The molecule has 0 saturated heterocycles. The van der Waals surface area contributed by atoms with Crippen LogP contribution < -0.4 is 0 Å². The highest BCUT2D eigenvalue weighted by atomic mass is 79.9. The van der Waals surface area contributed by atoms with E-state index in [0.29, 0.717) is 4.67 Å². The molecule has 2 aromatic rings. The number of benzene rings is 1. The van der Waals surface area contributed by atoms with Crippen molar-refractivity contribution in [2.45, 2.75) is 11.8 Å². The highest BCUT2D eigenvalue weighted by Crippen LogP contribution is 2.31. The highest BCUT2D eigenvalue weighted by Gasteiger charge is 2.14. The topological polar surface area (TPSA) is 13.1 Å². The molecule has 0 amide bonds. The molecule has 1 unspecified atom stereocenters. The van der Waals surface area contributed by atoms with Gasteiger partial charge in [-0.25, -0.2) is 0 Å². The molecule has 1 heterocycles. The van der Waals surface area contributed by atoms with E-state index in [4.69, 9.17) is 16.0 Å². The predicted molar refractivity (Wildman–Crippen MR) is 72.8 cm³/mol. The van der Waals surface area contributed by atoms with Crippen LogP contribution in [0.5, 0.6) is 0 Å². The van der Waals surface area contributed by atoms with Gasteiger partial charge in [-0.2, -0.15) is 0 Å². The maximum absolute atomic E-state index is 6.33. The van der Waals surface area contributed by atoms with Crippen molar-refractivity contribution in [2.24, 2.45) is 0 Å². The number of rotatable bonds is 3. The first kappa shape index (κ1) is 12.2. The van der Waals surface area contributed by atoms with Gasteiger partial charge in [0.1, 0.15) is 0 Å². The van der Waals surface area contributed by atoms with Crippen LogP contribution in [0.3, 0.4) is 0 Å². The Balaban J connectivity index is 2.10. The smallest absolute Gasteiger partial charge is 0.173 e. The molecule has 0 aliphatic heterocycles. The summed E-state index contributed by atoms with van der Waals surface area (Å²) in [4.78, 5) is 0. The third-order valence-electron chi connectivity index (χ3n) is 2.31. The fourth-order valence-electron chi connectivity index (χ4n) is 1.47. The van der Waals surface area contributed by atoms with E-state index in [9.17, 15) is 0 Å². The lowest BCUT2D eigenvalue weighted by Gasteiger charge is -2.08. The summed E-state index contributed by atoms with van der Waals surface area (Å²) in [6.07, 6.45) is 2.42. The van der Waals surface area contributed by atoms with Crippen molar-refractivity contribution < 1.29 is 4.42 Å². The zero-order valence-electron chi connectivity index (χ0n) is 8.29. The van der Waals surface area contributed by atoms with Gasteiger partial charge in [-0.15, -0.1) is 11.6 Å². The summed E-state index contributed by atoms with van der Waals surface area (Å²) >= 11 is 13.1. The second-order valence-corrected chi connectivity index (χ2v) is 5.61. The molecule has 1 atom stereocenters. The van der Waals surface area contributed by atoms with Crippen molar-refractivity contribution in [1.29, 1.82) is 0 Å². The van der Waals surface area contributed by atoms with E-state index in [2.05, 4.69) is 44.0 Å². The predicted octanol–water partition coefficient (Wildman–Crippen LogP) is 5.33. The summed E-state index contributed by atoms with van der Waals surface area (Å²) in [5.74, 6) is 0. The molecule has 0 N–H and O–H groups in total. The quantitative estimate of drug-likeness (QED) is 0.671. The maximum atomic E-state index is 6.33. The van der Waals surface area contributed by atoms with Gasteiger partial charge in [-0.3, -0.25) is 0 Å². The number of hydrogen-bond donors (Lipinski definition) is 0. The monoisotopic (exact) mass is 362 g/mol. The Hall–Kier alpha value is -0.250. The standard InChI is InChI=1S/C12H9Br2ClO/c13-9-3-1-8(2-4-9)7-11(15)10-5-6-16-12(10)14/h1-6,11H,7H2. The Morgan fingerprint density at radius 1 is 1.12 bits per heavy atom. The molecule has 4 heteroatoms. The van der Waals surface area contributed by atoms with E-state index in [-0.39, 0.29) is 5.38 Å². The van der Waals surface area contributed by atoms with Gasteiger partial charge in [0, 0.05) is 10.0 Å². The molecule has 1 aromatic carbocycles. The Bertz CT molecular complexity index is 464. The summed E-state index contributed by atoms with van der Waals surface area (Å²) < 4.78 is 6.96. The lowest BCUT2D eigenvalue weighted by molar-refractivity contribution is 0.536. The zero-order chi connectivity index (χ0) is 11.5. The number of furan rings is 1. The van der Waals surface area contributed by atoms with Crippen LogP contribution in [0.15, 0.2) is 50.2 Å². The van der Waals surface area contributed by atoms with Crippen molar-refractivity contribution in [3.63, 3.8) is 0 Å². The van der Waals surface area contributed by atoms with Crippen LogP contribution in [0, 0.1) is 0 Å². The third kappa shape index (κ3) is 2.90. The molecule has 2 rings (SSSR count). The minimum absolute atomic E-state index is 0.0747. The van der Waals surface area contributed by atoms with Crippen LogP contribution in [0.4, 0.5) is 0 Å². The summed E-state index contributed by atoms with van der Waals surface area (Å²) in [7, 11) is 0. The first-order valence-corrected chi connectivity index (χ1v) is 6.80. The van der Waals surface area contributed by atoms with Crippen molar-refractivity contribution in [3.05, 3.63) is 56.9 Å². The van der Waals surface area contributed by atoms with Gasteiger partial charge in [0.15, 0.2) is 4.67 Å². The Labute approximate surface area is 116 Å². The summed E-state index contributed by atoms with van der Waals surface area (Å²) in [6, 6.07) is 10.0. The van der Waals surface area contributed by atoms with Crippen LogP contribution in [-0.2, 0) is 6.42 Å². The Kier molecular flexibility index (Phi) is 4.11. The number of halogens is 3. The molecule has 0 bridgehead atoms. The van der Waals surface area contributed by atoms with Crippen LogP contribution in [0.2, 0.25) is 0 Å². The van der Waals surface area contributed by atoms with Crippen molar-refractivity contribution in [1.82, 2.24) is 0 Å². The molecule has 84 valence electrons. The van der Waals surface area contributed by atoms with E-state index in [1.54, 1.807) is 6.26 Å². The largest absolute Gasteiger partial charge is 0.457 e. The Morgan fingerprint density at radius 3 is 2.38 bits per heavy atom. The molecule has 0 radical (unpaired) electrons. The molecule has 1 aromatic heterocycles. The van der Waals surface area contributed by atoms with Gasteiger partial charge in [-0.1, -0.05) is 28.1 Å². The average Bonchev–Trinajstić information content (AvgIpc) is 2.68. The molecular weight excluding hydrogens is 355 g/mol. The molecule has 0 saturated carbocycles. The van der Waals surface area contributed by atoms with Gasteiger partial charge in [-0.05, 0) is 46.1 Å². The van der Waals surface area contributed by atoms with Crippen molar-refractivity contribution in [3.8, 4) is 0 Å². The highest BCUT2D eigenvalue weighted by molar-refractivity contribution is 9.10. The summed E-state index contributed by atoms with van der Waals surface area (Å²) in [5.41, 5.74) is 2.20. The summed E-state index contributed by atoms with van der Waals surface area (Å²) in [5, 5.41) is -0.0747. The fourth-order valence-corrected chi connectivity index (χ4v) is 2.73. The molecular formula is C12H9Br2ClO. The number of hydrogen-bond acceptors (Lipinski definition) is 1.